The number of nitrogens with zero attached hydrogens (tertiary/aromatic N) is 2. The van der Waals surface area contributed by atoms with Crippen LogP contribution in [0.25, 0.3) is 0 Å². The van der Waals surface area contributed by atoms with Crippen molar-refractivity contribution in [1.29, 1.82) is 0 Å². The van der Waals surface area contributed by atoms with E-state index in [1.807, 2.05) is 0 Å². The number of carbonyl (C=O) groups is 1. The Balaban J connectivity index is 3.17. The van der Waals surface area contributed by atoms with E-state index in [1.165, 1.54) is 13.2 Å². The first-order valence-electron chi connectivity index (χ1n) is 3.06. The summed E-state index contributed by atoms with van der Waals surface area (Å²) in [6.07, 6.45) is 1.19. The Morgan fingerprint density at radius 3 is 2.58 bits per heavy atom. The third kappa shape index (κ3) is 1.26. The molecular weight excluding hydrogens is 164 g/mol. The largest absolute Gasteiger partial charge is 0.478 e. The van der Waals surface area contributed by atoms with Crippen LogP contribution < -0.4 is 0 Å². The molecule has 0 aliphatic rings. The molecule has 0 saturated heterocycles. The minimum Gasteiger partial charge on any atom is -0.478 e. The van der Waals surface area contributed by atoms with Crippen LogP contribution in [-0.4, -0.2) is 20.6 Å². The molecule has 1 heterocycles. The second-order valence-corrected chi connectivity index (χ2v) is 2.26. The van der Waals surface area contributed by atoms with Crippen molar-refractivity contribution >= 4 is 11.8 Å². The monoisotopic (exact) mass is 170 g/mol. The lowest BCUT2D eigenvalue weighted by Crippen LogP contribution is -1.94. The van der Waals surface area contributed by atoms with Crippen molar-refractivity contribution in [2.45, 2.75) is 0 Å². The summed E-state index contributed by atoms with van der Waals surface area (Å²) < 4.78 is 1.16. The highest BCUT2D eigenvalue weighted by Crippen LogP contribution is 2.14. The Labute approximate surface area is 67.2 Å². The smallest absolute Gasteiger partial charge is 0.339 e. The van der Waals surface area contributed by atoms with Crippen LogP contribution in [0.1, 0.15) is 10.4 Å². The van der Waals surface area contributed by atoms with Gasteiger partial charge in [0.25, 0.3) is 0 Å². The van der Waals surface area contributed by atoms with Gasteiger partial charge in [-0.1, -0.05) is 0 Å². The lowest BCUT2D eigenvalue weighted by Gasteiger charge is -1.91. The Bertz CT molecular complexity index is 341. The van der Waals surface area contributed by atoms with Crippen molar-refractivity contribution in [1.82, 2.24) is 4.57 Å². The van der Waals surface area contributed by atoms with Crippen LogP contribution in [0.4, 0.5) is 5.82 Å². The van der Waals surface area contributed by atoms with Crippen molar-refractivity contribution in [2.75, 3.05) is 0 Å². The molecule has 0 bridgehead atoms. The zero-order valence-corrected chi connectivity index (χ0v) is 6.22. The molecule has 1 aromatic rings. The van der Waals surface area contributed by atoms with Gasteiger partial charge in [0.2, 0.25) is 0 Å². The van der Waals surface area contributed by atoms with Crippen LogP contribution in [0.15, 0.2) is 12.3 Å². The van der Waals surface area contributed by atoms with E-state index in [-0.39, 0.29) is 11.4 Å². The normalized spacial score (nSPS) is 9.75. The number of hydrogen-bond donors (Lipinski definition) is 1. The van der Waals surface area contributed by atoms with Crippen molar-refractivity contribution in [3.63, 3.8) is 0 Å². The van der Waals surface area contributed by atoms with Gasteiger partial charge in [-0.05, 0) is 4.92 Å². The zero-order valence-electron chi connectivity index (χ0n) is 6.22. The van der Waals surface area contributed by atoms with E-state index in [2.05, 4.69) is 0 Å². The summed E-state index contributed by atoms with van der Waals surface area (Å²) >= 11 is 0. The van der Waals surface area contributed by atoms with Gasteiger partial charge in [0.1, 0.15) is 11.8 Å². The van der Waals surface area contributed by atoms with Crippen molar-refractivity contribution < 1.29 is 14.8 Å². The summed E-state index contributed by atoms with van der Waals surface area (Å²) in [4.78, 5) is 20.0. The molecule has 0 aliphatic carbocycles. The molecule has 6 nitrogen and oxygen atoms in total. The second kappa shape index (κ2) is 2.65. The Morgan fingerprint density at radius 2 is 2.33 bits per heavy atom. The maximum absolute atomic E-state index is 10.4. The quantitative estimate of drug-likeness (QED) is 0.521. The molecule has 0 spiro atoms. The van der Waals surface area contributed by atoms with Gasteiger partial charge in [-0.15, -0.1) is 0 Å². The van der Waals surface area contributed by atoms with Crippen molar-refractivity contribution in [3.05, 3.63) is 27.9 Å². The molecule has 64 valence electrons. The summed E-state index contributed by atoms with van der Waals surface area (Å²) in [6.45, 7) is 0. The van der Waals surface area contributed by atoms with Crippen LogP contribution in [-0.2, 0) is 7.05 Å². The molecule has 1 N–H and O–H groups in total. The molecule has 6 heteroatoms. The summed E-state index contributed by atoms with van der Waals surface area (Å²) in [6, 6.07) is 1.02. The number of hydrogen-bond acceptors (Lipinski definition) is 3. The van der Waals surface area contributed by atoms with Crippen molar-refractivity contribution in [2.24, 2.45) is 7.05 Å². The molecule has 12 heavy (non-hydrogen) atoms. The summed E-state index contributed by atoms with van der Waals surface area (Å²) in [5.41, 5.74) is -0.0794. The fraction of sp³-hybridized carbons (Fsp3) is 0.167. The van der Waals surface area contributed by atoms with E-state index in [9.17, 15) is 14.9 Å². The van der Waals surface area contributed by atoms with Gasteiger partial charge in [-0.25, -0.2) is 9.36 Å². The van der Waals surface area contributed by atoms with Crippen LogP contribution in [0.2, 0.25) is 0 Å². The van der Waals surface area contributed by atoms with E-state index in [0.717, 1.165) is 10.6 Å². The number of rotatable bonds is 2. The number of aromatic nitrogens is 1. The maximum atomic E-state index is 10.4. The van der Waals surface area contributed by atoms with Crippen molar-refractivity contribution in [3.8, 4) is 0 Å². The fourth-order valence-electron chi connectivity index (χ4n) is 0.851. The summed E-state index contributed by atoms with van der Waals surface area (Å²) in [5.74, 6) is -1.40. The first kappa shape index (κ1) is 8.25. The first-order valence-corrected chi connectivity index (χ1v) is 3.06. The third-order valence-corrected chi connectivity index (χ3v) is 1.41. The van der Waals surface area contributed by atoms with E-state index in [1.54, 1.807) is 0 Å². The molecule has 0 aliphatic heterocycles. The first-order chi connectivity index (χ1) is 5.52. The van der Waals surface area contributed by atoms with Crippen LogP contribution in [0, 0.1) is 10.1 Å². The van der Waals surface area contributed by atoms with Crippen LogP contribution in [0.5, 0.6) is 0 Å². The highest BCUT2D eigenvalue weighted by atomic mass is 16.6. The fourth-order valence-corrected chi connectivity index (χ4v) is 0.851. The number of aryl methyl sites for hydroxylation is 1. The lowest BCUT2D eigenvalue weighted by atomic mass is 10.3. The summed E-state index contributed by atoms with van der Waals surface area (Å²) in [7, 11) is 1.42. The Morgan fingerprint density at radius 1 is 1.75 bits per heavy atom. The number of carboxylic acid groups (broad SMARTS) is 1. The average molecular weight is 170 g/mol. The Hall–Kier alpha value is -1.85. The van der Waals surface area contributed by atoms with Crippen LogP contribution in [0.3, 0.4) is 0 Å². The standard InChI is InChI=1S/C6H6N2O4/c1-7-3-4(6(9)10)2-5(7)8(11)12/h2-3H,1H3,(H,9,10). The predicted octanol–water partition coefficient (Wildman–Crippen LogP) is 0.631. The van der Waals surface area contributed by atoms with Gasteiger partial charge in [0.05, 0.1) is 7.05 Å². The Kier molecular flexibility index (Phi) is 1.82. The van der Waals surface area contributed by atoms with Gasteiger partial charge in [0.15, 0.2) is 0 Å². The van der Waals surface area contributed by atoms with Gasteiger partial charge < -0.3 is 15.2 Å². The number of nitro groups is 1. The number of aromatic carboxylic acids is 1. The maximum Gasteiger partial charge on any atom is 0.339 e. The van der Waals surface area contributed by atoms with Gasteiger partial charge in [-0.2, -0.15) is 0 Å². The minimum atomic E-state index is -1.17. The van der Waals surface area contributed by atoms with E-state index in [4.69, 9.17) is 5.11 Å². The second-order valence-electron chi connectivity index (χ2n) is 2.26. The highest BCUT2D eigenvalue weighted by molar-refractivity contribution is 5.88. The molecule has 0 radical (unpaired) electrons. The summed E-state index contributed by atoms with van der Waals surface area (Å²) in [5, 5.41) is 18.7. The van der Waals surface area contributed by atoms with E-state index in [0.29, 0.717) is 0 Å². The topological polar surface area (TPSA) is 85.4 Å². The minimum absolute atomic E-state index is 0.0794. The van der Waals surface area contributed by atoms with Gasteiger partial charge in [0, 0.05) is 6.07 Å². The van der Waals surface area contributed by atoms with E-state index < -0.39 is 10.9 Å². The van der Waals surface area contributed by atoms with E-state index >= 15 is 0 Å². The average Bonchev–Trinajstić information content (AvgIpc) is 2.30. The molecule has 1 aromatic heterocycles. The molecule has 0 amide bonds. The molecule has 1 rings (SSSR count). The lowest BCUT2D eigenvalue weighted by molar-refractivity contribution is -0.391. The van der Waals surface area contributed by atoms with Gasteiger partial charge in [-0.3, -0.25) is 0 Å². The molecule has 0 fully saturated rings. The molecule has 0 atom stereocenters. The molecule has 0 unspecified atom stereocenters. The zero-order chi connectivity index (χ0) is 9.30. The van der Waals surface area contributed by atoms with Crippen LogP contribution >= 0.6 is 0 Å². The SMILES string of the molecule is Cn1cc(C(=O)O)cc1[N+](=O)[O-]. The molecule has 0 saturated carbocycles. The predicted molar refractivity (Wildman–Crippen MR) is 39.0 cm³/mol. The highest BCUT2D eigenvalue weighted by Gasteiger charge is 2.16. The molecular formula is C6H6N2O4. The third-order valence-electron chi connectivity index (χ3n) is 1.41. The number of carboxylic acids is 1. The molecule has 0 aromatic carbocycles. The van der Waals surface area contributed by atoms with Gasteiger partial charge >= 0.3 is 11.8 Å².